The van der Waals surface area contributed by atoms with Crippen molar-refractivity contribution in [2.45, 2.75) is 25.3 Å². The van der Waals surface area contributed by atoms with E-state index in [-0.39, 0.29) is 30.9 Å². The smallest absolute Gasteiger partial charge is 0.319 e. The van der Waals surface area contributed by atoms with Gasteiger partial charge in [0.05, 0.1) is 13.2 Å². The molecule has 0 spiro atoms. The van der Waals surface area contributed by atoms with Crippen LogP contribution in [0.4, 0.5) is 10.5 Å². The van der Waals surface area contributed by atoms with E-state index in [9.17, 15) is 9.59 Å². The number of benzene rings is 2. The third-order valence-corrected chi connectivity index (χ3v) is 4.45. The van der Waals surface area contributed by atoms with Crippen LogP contribution in [0.25, 0.3) is 0 Å². The average molecular weight is 353 g/mol. The highest BCUT2D eigenvalue weighted by molar-refractivity contribution is 5.89. The van der Waals surface area contributed by atoms with E-state index in [2.05, 4.69) is 28.1 Å². The SMILES string of the molecule is COc1ccc(NC(=O)NCCC(=O)N[C@H]2CCc3ccccc32)cc1. The van der Waals surface area contributed by atoms with Crippen molar-refractivity contribution < 1.29 is 14.3 Å². The molecule has 0 saturated heterocycles. The van der Waals surface area contributed by atoms with Crippen LogP contribution in [-0.2, 0) is 11.2 Å². The Morgan fingerprint density at radius 2 is 1.88 bits per heavy atom. The second kappa shape index (κ2) is 8.38. The molecule has 1 atom stereocenters. The zero-order valence-corrected chi connectivity index (χ0v) is 14.7. The Morgan fingerprint density at radius 3 is 2.65 bits per heavy atom. The number of carbonyl (C=O) groups is 2. The largest absolute Gasteiger partial charge is 0.497 e. The molecule has 6 nitrogen and oxygen atoms in total. The number of amides is 3. The average Bonchev–Trinajstić information content (AvgIpc) is 3.05. The van der Waals surface area contributed by atoms with Crippen LogP contribution in [0.1, 0.15) is 30.0 Å². The molecule has 3 rings (SSSR count). The van der Waals surface area contributed by atoms with Crippen LogP contribution >= 0.6 is 0 Å². The fourth-order valence-corrected chi connectivity index (χ4v) is 3.11. The lowest BCUT2D eigenvalue weighted by Gasteiger charge is -2.14. The van der Waals surface area contributed by atoms with Crippen LogP contribution in [0.5, 0.6) is 5.75 Å². The predicted octanol–water partition coefficient (Wildman–Crippen LogP) is 3.01. The third-order valence-electron chi connectivity index (χ3n) is 4.45. The standard InChI is InChI=1S/C20H23N3O3/c1-26-16-9-7-15(8-10-16)22-20(25)21-13-12-19(24)23-18-11-6-14-4-2-3-5-17(14)18/h2-5,7-10,18H,6,11-13H2,1H3,(H,23,24)(H2,21,22,25)/t18-/m0/s1. The molecular weight excluding hydrogens is 330 g/mol. The molecule has 0 heterocycles. The molecule has 2 aromatic rings. The van der Waals surface area contributed by atoms with Gasteiger partial charge in [0.1, 0.15) is 5.75 Å². The Kier molecular flexibility index (Phi) is 5.73. The molecule has 0 saturated carbocycles. The Balaban J connectivity index is 1.39. The fraction of sp³-hybridized carbons (Fsp3) is 0.300. The van der Waals surface area contributed by atoms with E-state index in [1.54, 1.807) is 31.4 Å². The summed E-state index contributed by atoms with van der Waals surface area (Å²) >= 11 is 0. The van der Waals surface area contributed by atoms with Crippen molar-refractivity contribution in [1.82, 2.24) is 10.6 Å². The fourth-order valence-electron chi connectivity index (χ4n) is 3.11. The Labute approximate surface area is 152 Å². The van der Waals surface area contributed by atoms with Crippen molar-refractivity contribution in [3.05, 3.63) is 59.7 Å². The third kappa shape index (κ3) is 4.53. The van der Waals surface area contributed by atoms with E-state index in [4.69, 9.17) is 4.74 Å². The molecule has 0 unspecified atom stereocenters. The van der Waals surface area contributed by atoms with E-state index < -0.39 is 0 Å². The summed E-state index contributed by atoms with van der Waals surface area (Å²) in [7, 11) is 1.59. The first-order valence-corrected chi connectivity index (χ1v) is 8.72. The summed E-state index contributed by atoms with van der Waals surface area (Å²) in [5.74, 6) is 0.664. The van der Waals surface area contributed by atoms with Crippen LogP contribution in [-0.4, -0.2) is 25.6 Å². The van der Waals surface area contributed by atoms with Crippen LogP contribution in [0.15, 0.2) is 48.5 Å². The monoisotopic (exact) mass is 353 g/mol. The summed E-state index contributed by atoms with van der Waals surface area (Å²) in [6, 6.07) is 15.0. The first kappa shape index (κ1) is 17.8. The molecular formula is C20H23N3O3. The minimum atomic E-state index is -0.339. The highest BCUT2D eigenvalue weighted by Gasteiger charge is 2.23. The normalized spacial score (nSPS) is 15.0. The molecule has 1 aliphatic carbocycles. The molecule has 3 amide bonds. The highest BCUT2D eigenvalue weighted by atomic mass is 16.5. The van der Waals surface area contributed by atoms with E-state index in [1.807, 2.05) is 12.1 Å². The van der Waals surface area contributed by atoms with Gasteiger partial charge < -0.3 is 20.7 Å². The Bertz CT molecular complexity index is 774. The van der Waals surface area contributed by atoms with Crippen LogP contribution in [0.2, 0.25) is 0 Å². The number of fused-ring (bicyclic) bond motifs is 1. The number of hydrogen-bond acceptors (Lipinski definition) is 3. The number of rotatable bonds is 6. The lowest BCUT2D eigenvalue weighted by Crippen LogP contribution is -2.34. The molecule has 2 aromatic carbocycles. The first-order valence-electron chi connectivity index (χ1n) is 8.72. The minimum Gasteiger partial charge on any atom is -0.497 e. The number of methoxy groups -OCH3 is 1. The molecule has 3 N–H and O–H groups in total. The van der Waals surface area contributed by atoms with Crippen molar-refractivity contribution in [2.75, 3.05) is 19.0 Å². The molecule has 6 heteroatoms. The van der Waals surface area contributed by atoms with Gasteiger partial charge >= 0.3 is 6.03 Å². The van der Waals surface area contributed by atoms with E-state index in [1.165, 1.54) is 11.1 Å². The summed E-state index contributed by atoms with van der Waals surface area (Å²) < 4.78 is 5.07. The van der Waals surface area contributed by atoms with Gasteiger partial charge in [0.25, 0.3) is 0 Å². The Morgan fingerprint density at radius 1 is 1.12 bits per heavy atom. The van der Waals surface area contributed by atoms with E-state index in [0.29, 0.717) is 5.69 Å². The molecule has 0 radical (unpaired) electrons. The molecule has 0 bridgehead atoms. The molecule has 0 aliphatic heterocycles. The quantitative estimate of drug-likeness (QED) is 0.747. The molecule has 26 heavy (non-hydrogen) atoms. The van der Waals surface area contributed by atoms with Crippen LogP contribution in [0, 0.1) is 0 Å². The molecule has 0 fully saturated rings. The van der Waals surface area contributed by atoms with Gasteiger partial charge in [-0.25, -0.2) is 4.79 Å². The van der Waals surface area contributed by atoms with Gasteiger partial charge in [0.15, 0.2) is 0 Å². The van der Waals surface area contributed by atoms with Crippen molar-refractivity contribution in [2.24, 2.45) is 0 Å². The van der Waals surface area contributed by atoms with Gasteiger partial charge in [-0.15, -0.1) is 0 Å². The lowest BCUT2D eigenvalue weighted by molar-refractivity contribution is -0.121. The van der Waals surface area contributed by atoms with Crippen molar-refractivity contribution >= 4 is 17.6 Å². The second-order valence-corrected chi connectivity index (χ2v) is 6.22. The van der Waals surface area contributed by atoms with Crippen LogP contribution < -0.4 is 20.7 Å². The predicted molar refractivity (Wildman–Crippen MR) is 100 cm³/mol. The number of anilines is 1. The molecule has 0 aromatic heterocycles. The summed E-state index contributed by atoms with van der Waals surface area (Å²) in [4.78, 5) is 24.0. The van der Waals surface area contributed by atoms with E-state index in [0.717, 1.165) is 18.6 Å². The maximum atomic E-state index is 12.1. The van der Waals surface area contributed by atoms with Gasteiger partial charge in [0.2, 0.25) is 5.91 Å². The lowest BCUT2D eigenvalue weighted by atomic mass is 10.1. The summed E-state index contributed by atoms with van der Waals surface area (Å²) in [5.41, 5.74) is 3.16. The number of ether oxygens (including phenoxy) is 1. The van der Waals surface area contributed by atoms with Crippen LogP contribution in [0.3, 0.4) is 0 Å². The molecule has 1 aliphatic rings. The van der Waals surface area contributed by atoms with Crippen molar-refractivity contribution in [3.8, 4) is 5.75 Å². The number of urea groups is 1. The van der Waals surface area contributed by atoms with Gasteiger partial charge in [-0.2, -0.15) is 0 Å². The number of hydrogen-bond donors (Lipinski definition) is 3. The van der Waals surface area contributed by atoms with E-state index >= 15 is 0 Å². The summed E-state index contributed by atoms with van der Waals surface area (Å²) in [6.45, 7) is 0.280. The van der Waals surface area contributed by atoms with Crippen molar-refractivity contribution in [1.29, 1.82) is 0 Å². The number of carbonyl (C=O) groups excluding carboxylic acids is 2. The topological polar surface area (TPSA) is 79.5 Å². The van der Waals surface area contributed by atoms with Gasteiger partial charge in [-0.1, -0.05) is 24.3 Å². The van der Waals surface area contributed by atoms with Gasteiger partial charge in [-0.05, 0) is 48.2 Å². The number of nitrogens with one attached hydrogen (secondary N) is 3. The maximum Gasteiger partial charge on any atom is 0.319 e. The first-order chi connectivity index (χ1) is 12.7. The highest BCUT2D eigenvalue weighted by Crippen LogP contribution is 2.30. The second-order valence-electron chi connectivity index (χ2n) is 6.22. The van der Waals surface area contributed by atoms with Gasteiger partial charge in [-0.3, -0.25) is 4.79 Å². The zero-order valence-electron chi connectivity index (χ0n) is 14.7. The summed E-state index contributed by atoms with van der Waals surface area (Å²) in [5, 5.41) is 8.45. The molecule has 136 valence electrons. The maximum absolute atomic E-state index is 12.1. The summed E-state index contributed by atoms with van der Waals surface area (Å²) in [6.07, 6.45) is 2.16. The zero-order chi connectivity index (χ0) is 18.4. The van der Waals surface area contributed by atoms with Gasteiger partial charge in [0, 0.05) is 18.7 Å². The number of aryl methyl sites for hydroxylation is 1. The minimum absolute atomic E-state index is 0.0588. The van der Waals surface area contributed by atoms with Crippen molar-refractivity contribution in [3.63, 3.8) is 0 Å². The Hall–Kier alpha value is -3.02.